The summed E-state index contributed by atoms with van der Waals surface area (Å²) in [5, 5.41) is 13.7. The molecule has 3 aromatic heterocycles. The lowest BCUT2D eigenvalue weighted by Gasteiger charge is -2.47. The van der Waals surface area contributed by atoms with Gasteiger partial charge in [0.1, 0.15) is 17.6 Å². The molecule has 0 bridgehead atoms. The Morgan fingerprint density at radius 2 is 2.03 bits per heavy atom. The fraction of sp³-hybridized carbons (Fsp3) is 0.440. The second-order valence-corrected chi connectivity index (χ2v) is 9.30. The van der Waals surface area contributed by atoms with Gasteiger partial charge in [-0.3, -0.25) is 14.4 Å². The van der Waals surface area contributed by atoms with Crippen molar-refractivity contribution in [1.82, 2.24) is 24.2 Å². The number of fused-ring (bicyclic) bond motifs is 2. The number of rotatable bonds is 4. The standard InChI is InChI=1S/C25H29N7O2/c1-15-13-32(20-11-23(33)29(5)21-14-30(10-9-26)28-25(20)21)16(2)12-31(15)17(3)19-7-6-8-22-24(19)27-18(4)34-22/h6-8,11,14-17H,10,12-13H2,1-5H3/t15-,16+,17?/m1/s1. The summed E-state index contributed by atoms with van der Waals surface area (Å²) in [5.41, 5.74) is 5.14. The van der Waals surface area contributed by atoms with Gasteiger partial charge in [-0.05, 0) is 32.4 Å². The highest BCUT2D eigenvalue weighted by Crippen LogP contribution is 2.34. The lowest BCUT2D eigenvalue weighted by Crippen LogP contribution is -2.57. The number of aryl methyl sites for hydroxylation is 2. The molecule has 0 saturated carbocycles. The van der Waals surface area contributed by atoms with Gasteiger partial charge in [-0.15, -0.1) is 0 Å². The van der Waals surface area contributed by atoms with E-state index in [4.69, 9.17) is 9.68 Å². The average molecular weight is 460 g/mol. The predicted molar refractivity (Wildman–Crippen MR) is 131 cm³/mol. The van der Waals surface area contributed by atoms with Crippen LogP contribution in [0.25, 0.3) is 22.1 Å². The number of anilines is 1. The van der Waals surface area contributed by atoms with E-state index in [9.17, 15) is 4.79 Å². The Morgan fingerprint density at radius 1 is 1.24 bits per heavy atom. The number of para-hydroxylation sites is 1. The van der Waals surface area contributed by atoms with Crippen LogP contribution in [0, 0.1) is 18.3 Å². The zero-order chi connectivity index (χ0) is 24.1. The molecular weight excluding hydrogens is 430 g/mol. The number of aromatic nitrogens is 4. The molecule has 9 nitrogen and oxygen atoms in total. The molecule has 0 radical (unpaired) electrons. The first-order valence-electron chi connectivity index (χ1n) is 11.6. The maximum Gasteiger partial charge on any atom is 0.252 e. The highest BCUT2D eigenvalue weighted by atomic mass is 16.3. The van der Waals surface area contributed by atoms with Crippen LogP contribution in [0.15, 0.2) is 39.7 Å². The minimum atomic E-state index is -0.0808. The highest BCUT2D eigenvalue weighted by molar-refractivity contribution is 5.88. The second-order valence-electron chi connectivity index (χ2n) is 9.30. The van der Waals surface area contributed by atoms with Crippen molar-refractivity contribution >= 4 is 27.8 Å². The Balaban J connectivity index is 1.48. The van der Waals surface area contributed by atoms with Gasteiger partial charge in [0, 0.05) is 51.3 Å². The monoisotopic (exact) mass is 459 g/mol. The summed E-state index contributed by atoms with van der Waals surface area (Å²) in [4.78, 5) is 22.1. The van der Waals surface area contributed by atoms with Crippen LogP contribution < -0.4 is 10.5 Å². The fourth-order valence-corrected chi connectivity index (χ4v) is 5.24. The average Bonchev–Trinajstić information content (AvgIpc) is 3.40. The van der Waals surface area contributed by atoms with E-state index in [1.165, 1.54) is 0 Å². The third-order valence-electron chi connectivity index (χ3n) is 7.02. The maximum atomic E-state index is 12.7. The second kappa shape index (κ2) is 8.29. The van der Waals surface area contributed by atoms with Crippen LogP contribution in [0.3, 0.4) is 0 Å². The minimum Gasteiger partial charge on any atom is -0.441 e. The molecule has 1 saturated heterocycles. The lowest BCUT2D eigenvalue weighted by molar-refractivity contribution is 0.120. The molecule has 4 heterocycles. The summed E-state index contributed by atoms with van der Waals surface area (Å²) < 4.78 is 8.94. The molecule has 0 aliphatic carbocycles. The molecule has 3 atom stereocenters. The predicted octanol–water partition coefficient (Wildman–Crippen LogP) is 3.37. The third kappa shape index (κ3) is 3.55. The van der Waals surface area contributed by atoms with E-state index in [1.807, 2.05) is 19.1 Å². The van der Waals surface area contributed by atoms with Gasteiger partial charge >= 0.3 is 0 Å². The van der Waals surface area contributed by atoms with Gasteiger partial charge in [-0.25, -0.2) is 4.98 Å². The normalized spacial score (nSPS) is 20.2. The highest BCUT2D eigenvalue weighted by Gasteiger charge is 2.34. The molecule has 4 aromatic rings. The summed E-state index contributed by atoms with van der Waals surface area (Å²) in [6.45, 7) is 10.2. The van der Waals surface area contributed by atoms with Gasteiger partial charge < -0.3 is 13.9 Å². The van der Waals surface area contributed by atoms with Gasteiger partial charge in [-0.2, -0.15) is 10.4 Å². The molecule has 176 valence electrons. The molecule has 34 heavy (non-hydrogen) atoms. The molecule has 1 unspecified atom stereocenters. The van der Waals surface area contributed by atoms with Gasteiger partial charge in [0.05, 0.1) is 23.5 Å². The van der Waals surface area contributed by atoms with Gasteiger partial charge in [0.15, 0.2) is 11.5 Å². The van der Waals surface area contributed by atoms with Gasteiger partial charge in [0.25, 0.3) is 5.56 Å². The van der Waals surface area contributed by atoms with Crippen LogP contribution >= 0.6 is 0 Å². The van der Waals surface area contributed by atoms with Crippen LogP contribution in [0.4, 0.5) is 5.69 Å². The number of benzene rings is 1. The van der Waals surface area contributed by atoms with E-state index in [-0.39, 0.29) is 30.2 Å². The van der Waals surface area contributed by atoms with Crippen molar-refractivity contribution in [3.63, 3.8) is 0 Å². The van der Waals surface area contributed by atoms with Crippen molar-refractivity contribution in [3.05, 3.63) is 52.3 Å². The number of oxazole rings is 1. The molecule has 0 N–H and O–H groups in total. The number of pyridine rings is 1. The van der Waals surface area contributed by atoms with Gasteiger partial charge in [0.2, 0.25) is 0 Å². The number of nitrogens with zero attached hydrogens (tertiary/aromatic N) is 7. The van der Waals surface area contributed by atoms with Crippen LogP contribution in [0.1, 0.15) is 38.3 Å². The Morgan fingerprint density at radius 3 is 2.79 bits per heavy atom. The van der Waals surface area contributed by atoms with Crippen LogP contribution in [-0.4, -0.2) is 49.4 Å². The zero-order valence-electron chi connectivity index (χ0n) is 20.2. The van der Waals surface area contributed by atoms with E-state index >= 15 is 0 Å². The fourth-order valence-electron chi connectivity index (χ4n) is 5.24. The molecule has 1 aliphatic rings. The molecule has 1 aliphatic heterocycles. The van der Waals surface area contributed by atoms with Gasteiger partial charge in [-0.1, -0.05) is 12.1 Å². The van der Waals surface area contributed by atoms with E-state index in [2.05, 4.69) is 52.8 Å². The quantitative estimate of drug-likeness (QED) is 0.462. The smallest absolute Gasteiger partial charge is 0.252 e. The van der Waals surface area contributed by atoms with Crippen molar-refractivity contribution in [1.29, 1.82) is 5.26 Å². The van der Waals surface area contributed by atoms with Crippen LogP contribution in [0.2, 0.25) is 0 Å². The van der Waals surface area contributed by atoms with Crippen molar-refractivity contribution in [2.45, 2.75) is 52.4 Å². The Labute approximate surface area is 197 Å². The summed E-state index contributed by atoms with van der Waals surface area (Å²) >= 11 is 0. The Kier molecular flexibility index (Phi) is 5.41. The first-order valence-corrected chi connectivity index (χ1v) is 11.6. The minimum absolute atomic E-state index is 0.0808. The molecule has 0 amide bonds. The molecule has 1 aromatic carbocycles. The Bertz CT molecular complexity index is 1470. The summed E-state index contributed by atoms with van der Waals surface area (Å²) in [5.74, 6) is 0.673. The molecule has 5 rings (SSSR count). The van der Waals surface area contributed by atoms with E-state index in [0.29, 0.717) is 5.89 Å². The number of hydrogen-bond donors (Lipinski definition) is 0. The largest absolute Gasteiger partial charge is 0.441 e. The molecular formula is C25H29N7O2. The van der Waals surface area contributed by atoms with Crippen LogP contribution in [0.5, 0.6) is 0 Å². The zero-order valence-corrected chi connectivity index (χ0v) is 20.2. The number of piperazine rings is 1. The lowest BCUT2D eigenvalue weighted by atomic mass is 9.99. The molecule has 9 heteroatoms. The third-order valence-corrected chi connectivity index (χ3v) is 7.02. The summed E-state index contributed by atoms with van der Waals surface area (Å²) in [7, 11) is 1.74. The van der Waals surface area contributed by atoms with Crippen molar-refractivity contribution < 1.29 is 4.42 Å². The van der Waals surface area contributed by atoms with E-state index in [0.717, 1.165) is 46.5 Å². The van der Waals surface area contributed by atoms with E-state index in [1.54, 1.807) is 28.6 Å². The topological polar surface area (TPSA) is 96.1 Å². The number of nitriles is 1. The summed E-state index contributed by atoms with van der Waals surface area (Å²) in [6, 6.07) is 10.5. The first kappa shape index (κ1) is 22.2. The Hall–Kier alpha value is -3.64. The van der Waals surface area contributed by atoms with Crippen molar-refractivity contribution in [2.75, 3.05) is 18.0 Å². The first-order chi connectivity index (χ1) is 16.3. The molecule has 0 spiro atoms. The SMILES string of the molecule is Cc1nc2c(C(C)N3C[C@H](C)N(c4cc(=O)n(C)c5cn(CC#N)nc45)C[C@H]3C)cccc2o1. The van der Waals surface area contributed by atoms with Crippen molar-refractivity contribution in [3.8, 4) is 6.07 Å². The van der Waals surface area contributed by atoms with Crippen molar-refractivity contribution in [2.24, 2.45) is 7.05 Å². The summed E-state index contributed by atoms with van der Waals surface area (Å²) in [6.07, 6.45) is 1.77. The molecule has 1 fully saturated rings. The van der Waals surface area contributed by atoms with Crippen LogP contribution in [-0.2, 0) is 13.6 Å². The number of hydrogen-bond acceptors (Lipinski definition) is 7. The van der Waals surface area contributed by atoms with E-state index < -0.39 is 0 Å². The maximum absolute atomic E-state index is 12.7.